The van der Waals surface area contributed by atoms with E-state index in [1.807, 2.05) is 0 Å². The van der Waals surface area contributed by atoms with Gasteiger partial charge in [0.15, 0.2) is 0 Å². The zero-order chi connectivity index (χ0) is 7.82. The molecule has 0 heterocycles. The minimum Gasteiger partial charge on any atom is -0.240 e. The van der Waals surface area contributed by atoms with Crippen molar-refractivity contribution in [3.63, 3.8) is 0 Å². The van der Waals surface area contributed by atoms with Crippen molar-refractivity contribution in [3.8, 4) is 0 Å². The first-order valence-electron chi connectivity index (χ1n) is 2.82. The Morgan fingerprint density at radius 1 is 1.40 bits per heavy atom. The predicted molar refractivity (Wildman–Crippen MR) is 35.0 cm³/mol. The third kappa shape index (κ3) is 4.46. The smallest absolute Gasteiger partial charge is 0.137 e. The minimum atomic E-state index is -0.287. The first-order chi connectivity index (χ1) is 4.85. The Morgan fingerprint density at radius 3 is 2.50 bits per heavy atom. The van der Waals surface area contributed by atoms with E-state index in [-0.39, 0.29) is 12.7 Å². The molecular formula is C6H12O4. The van der Waals surface area contributed by atoms with Crippen LogP contribution in [-0.4, -0.2) is 26.9 Å². The highest BCUT2D eigenvalue weighted by molar-refractivity contribution is 4.77. The van der Waals surface area contributed by atoms with E-state index in [1.165, 1.54) is 14.2 Å². The molecule has 1 atom stereocenters. The van der Waals surface area contributed by atoms with Gasteiger partial charge in [-0.3, -0.25) is 0 Å². The zero-order valence-electron chi connectivity index (χ0n) is 6.20. The Bertz CT molecular complexity index is 83.8. The summed E-state index contributed by atoms with van der Waals surface area (Å²) in [6.07, 6.45) is 1.27. The second-order valence-electron chi connectivity index (χ2n) is 1.49. The third-order valence-electron chi connectivity index (χ3n) is 0.833. The molecule has 0 bridgehead atoms. The molecule has 1 unspecified atom stereocenters. The van der Waals surface area contributed by atoms with Crippen molar-refractivity contribution in [3.05, 3.63) is 12.7 Å². The first-order valence-corrected chi connectivity index (χ1v) is 2.82. The van der Waals surface area contributed by atoms with Gasteiger partial charge in [0.2, 0.25) is 0 Å². The lowest BCUT2D eigenvalue weighted by Crippen LogP contribution is -2.16. The van der Waals surface area contributed by atoms with Gasteiger partial charge in [0.05, 0.1) is 14.2 Å². The van der Waals surface area contributed by atoms with Crippen LogP contribution in [0.1, 0.15) is 0 Å². The quantitative estimate of drug-likeness (QED) is 0.315. The lowest BCUT2D eigenvalue weighted by atomic mass is 10.4. The van der Waals surface area contributed by atoms with Gasteiger partial charge in [-0.1, -0.05) is 6.08 Å². The molecule has 0 aliphatic heterocycles. The largest absolute Gasteiger partial charge is 0.240 e. The molecule has 0 aliphatic carbocycles. The van der Waals surface area contributed by atoms with E-state index >= 15 is 0 Å². The van der Waals surface area contributed by atoms with Gasteiger partial charge in [0.1, 0.15) is 12.7 Å². The molecule has 4 heteroatoms. The molecule has 0 radical (unpaired) electrons. The van der Waals surface area contributed by atoms with Crippen LogP contribution in [-0.2, 0) is 19.6 Å². The van der Waals surface area contributed by atoms with Crippen molar-refractivity contribution < 1.29 is 19.6 Å². The van der Waals surface area contributed by atoms with Gasteiger partial charge in [-0.15, -0.1) is 6.58 Å². The highest BCUT2D eigenvalue weighted by Crippen LogP contribution is 1.93. The highest BCUT2D eigenvalue weighted by atomic mass is 17.2. The molecule has 0 aromatic heterocycles. The van der Waals surface area contributed by atoms with Gasteiger partial charge in [-0.25, -0.2) is 19.6 Å². The van der Waals surface area contributed by atoms with Gasteiger partial charge in [-0.2, -0.15) is 0 Å². The van der Waals surface area contributed by atoms with Crippen molar-refractivity contribution in [1.29, 1.82) is 0 Å². The average Bonchev–Trinajstić information content (AvgIpc) is 1.98. The van der Waals surface area contributed by atoms with E-state index in [0.717, 1.165) is 0 Å². The second kappa shape index (κ2) is 6.70. The summed E-state index contributed by atoms with van der Waals surface area (Å²) in [6.45, 7) is 3.76. The maximum Gasteiger partial charge on any atom is 0.137 e. The molecule has 0 saturated carbocycles. The minimum absolute atomic E-state index is 0.272. The van der Waals surface area contributed by atoms with Crippen molar-refractivity contribution in [2.75, 3.05) is 20.8 Å². The summed E-state index contributed by atoms with van der Waals surface area (Å²) in [4.78, 5) is 18.0. The van der Waals surface area contributed by atoms with E-state index in [9.17, 15) is 0 Å². The third-order valence-corrected chi connectivity index (χ3v) is 0.833. The van der Waals surface area contributed by atoms with Crippen LogP contribution >= 0.6 is 0 Å². The zero-order valence-corrected chi connectivity index (χ0v) is 6.20. The fourth-order valence-corrected chi connectivity index (χ4v) is 0.394. The molecule has 0 rings (SSSR count). The van der Waals surface area contributed by atoms with E-state index in [0.29, 0.717) is 0 Å². The van der Waals surface area contributed by atoms with Gasteiger partial charge >= 0.3 is 0 Å². The van der Waals surface area contributed by atoms with Crippen LogP contribution < -0.4 is 0 Å². The van der Waals surface area contributed by atoms with Crippen LogP contribution in [0, 0.1) is 0 Å². The van der Waals surface area contributed by atoms with Gasteiger partial charge in [0.25, 0.3) is 0 Å². The molecule has 0 amide bonds. The summed E-state index contributed by atoms with van der Waals surface area (Å²) in [6, 6.07) is 0. The standard InChI is InChI=1S/C6H12O4/c1-4-6(10-8-3)5-9-7-2/h4,6H,1,5H2,2-3H3. The van der Waals surface area contributed by atoms with E-state index < -0.39 is 0 Å². The second-order valence-corrected chi connectivity index (χ2v) is 1.49. The van der Waals surface area contributed by atoms with Crippen LogP contribution in [0.3, 0.4) is 0 Å². The Hall–Kier alpha value is -0.420. The molecule has 4 nitrogen and oxygen atoms in total. The van der Waals surface area contributed by atoms with Crippen LogP contribution in [0.5, 0.6) is 0 Å². The Kier molecular flexibility index (Phi) is 6.42. The molecule has 60 valence electrons. The topological polar surface area (TPSA) is 36.9 Å². The van der Waals surface area contributed by atoms with Gasteiger partial charge < -0.3 is 0 Å². The van der Waals surface area contributed by atoms with Crippen LogP contribution in [0.4, 0.5) is 0 Å². The fourth-order valence-electron chi connectivity index (χ4n) is 0.394. The highest BCUT2D eigenvalue weighted by Gasteiger charge is 2.03. The molecule has 0 fully saturated rings. The van der Waals surface area contributed by atoms with Gasteiger partial charge in [-0.05, 0) is 0 Å². The summed E-state index contributed by atoms with van der Waals surface area (Å²) in [5, 5.41) is 0. The Balaban J connectivity index is 3.29. The predicted octanol–water partition coefficient (Wildman–Crippen LogP) is 0.697. The average molecular weight is 148 g/mol. The summed E-state index contributed by atoms with van der Waals surface area (Å²) in [7, 11) is 2.84. The van der Waals surface area contributed by atoms with E-state index in [1.54, 1.807) is 6.08 Å². The van der Waals surface area contributed by atoms with Gasteiger partial charge in [0, 0.05) is 0 Å². The van der Waals surface area contributed by atoms with Crippen molar-refractivity contribution >= 4 is 0 Å². The van der Waals surface area contributed by atoms with Crippen molar-refractivity contribution in [2.24, 2.45) is 0 Å². The molecular weight excluding hydrogens is 136 g/mol. The molecule has 0 saturated heterocycles. The fraction of sp³-hybridized carbons (Fsp3) is 0.667. The normalized spacial score (nSPS) is 13.0. The SMILES string of the molecule is C=CC(COOC)OOC. The van der Waals surface area contributed by atoms with E-state index in [4.69, 9.17) is 0 Å². The molecule has 10 heavy (non-hydrogen) atoms. The summed E-state index contributed by atoms with van der Waals surface area (Å²) >= 11 is 0. The molecule has 0 aromatic rings. The molecule has 0 aliphatic rings. The molecule has 0 aromatic carbocycles. The summed E-state index contributed by atoms with van der Waals surface area (Å²) < 4.78 is 0. The monoisotopic (exact) mass is 148 g/mol. The van der Waals surface area contributed by atoms with E-state index in [2.05, 4.69) is 26.1 Å². The maximum atomic E-state index is 4.67. The Morgan fingerprint density at radius 2 is 2.10 bits per heavy atom. The Labute approximate surface area is 60.2 Å². The number of rotatable bonds is 6. The molecule has 0 spiro atoms. The number of hydrogen-bond donors (Lipinski definition) is 0. The van der Waals surface area contributed by atoms with Crippen LogP contribution in [0.25, 0.3) is 0 Å². The summed E-state index contributed by atoms with van der Waals surface area (Å²) in [5.41, 5.74) is 0. The lowest BCUT2D eigenvalue weighted by molar-refractivity contribution is -0.339. The first kappa shape index (κ1) is 9.58. The molecule has 0 N–H and O–H groups in total. The van der Waals surface area contributed by atoms with Crippen molar-refractivity contribution in [1.82, 2.24) is 0 Å². The van der Waals surface area contributed by atoms with Crippen molar-refractivity contribution in [2.45, 2.75) is 6.10 Å². The maximum absolute atomic E-state index is 4.67. The van der Waals surface area contributed by atoms with Crippen LogP contribution in [0.2, 0.25) is 0 Å². The van der Waals surface area contributed by atoms with Crippen LogP contribution in [0.15, 0.2) is 12.7 Å². The lowest BCUT2D eigenvalue weighted by Gasteiger charge is -2.08. The number of hydrogen-bond acceptors (Lipinski definition) is 4. The summed E-state index contributed by atoms with van der Waals surface area (Å²) in [5.74, 6) is 0.